The van der Waals surface area contributed by atoms with E-state index in [1.807, 2.05) is 45.0 Å². The van der Waals surface area contributed by atoms with Gasteiger partial charge >= 0.3 is 0 Å². The quantitative estimate of drug-likeness (QED) is 0.888. The molecular weight excluding hydrogens is 228 g/mol. The van der Waals surface area contributed by atoms with Crippen LogP contribution in [0.15, 0.2) is 24.3 Å². The summed E-state index contributed by atoms with van der Waals surface area (Å²) in [7, 11) is 1.74. The SMILES string of the molecule is CN(C(=O)COC(C)(C)C)c1cccc(CN)c1. The monoisotopic (exact) mass is 250 g/mol. The van der Waals surface area contributed by atoms with Gasteiger partial charge in [-0.05, 0) is 38.5 Å². The van der Waals surface area contributed by atoms with Gasteiger partial charge in [-0.2, -0.15) is 0 Å². The van der Waals surface area contributed by atoms with Gasteiger partial charge < -0.3 is 15.4 Å². The summed E-state index contributed by atoms with van der Waals surface area (Å²) >= 11 is 0. The number of rotatable bonds is 4. The summed E-state index contributed by atoms with van der Waals surface area (Å²) in [5, 5.41) is 0. The molecular formula is C14H22N2O2. The van der Waals surface area contributed by atoms with Gasteiger partial charge in [0.1, 0.15) is 6.61 Å². The van der Waals surface area contributed by atoms with Crippen molar-refractivity contribution in [2.45, 2.75) is 32.9 Å². The molecule has 0 aliphatic rings. The number of hydrogen-bond acceptors (Lipinski definition) is 3. The van der Waals surface area contributed by atoms with Crippen molar-refractivity contribution in [2.75, 3.05) is 18.6 Å². The summed E-state index contributed by atoms with van der Waals surface area (Å²) < 4.78 is 5.47. The van der Waals surface area contributed by atoms with Gasteiger partial charge in [0.15, 0.2) is 0 Å². The molecule has 1 rings (SSSR count). The number of benzene rings is 1. The molecule has 0 saturated heterocycles. The molecule has 1 aromatic rings. The van der Waals surface area contributed by atoms with E-state index in [1.165, 1.54) is 0 Å². The predicted octanol–water partition coefficient (Wildman–Crippen LogP) is 1.92. The van der Waals surface area contributed by atoms with Crippen molar-refractivity contribution in [3.05, 3.63) is 29.8 Å². The van der Waals surface area contributed by atoms with E-state index in [1.54, 1.807) is 11.9 Å². The number of nitrogens with zero attached hydrogens (tertiary/aromatic N) is 1. The standard InChI is InChI=1S/C14H22N2O2/c1-14(2,3)18-10-13(17)16(4)12-7-5-6-11(8-12)9-15/h5-8H,9-10,15H2,1-4H3. The number of amides is 1. The van der Waals surface area contributed by atoms with Gasteiger partial charge in [0.25, 0.3) is 5.91 Å². The van der Waals surface area contributed by atoms with Gasteiger partial charge in [-0.3, -0.25) is 4.79 Å². The molecule has 2 N–H and O–H groups in total. The molecule has 4 nitrogen and oxygen atoms in total. The first-order valence-corrected chi connectivity index (χ1v) is 6.03. The Kier molecular flexibility index (Phi) is 4.87. The molecule has 0 spiro atoms. The summed E-state index contributed by atoms with van der Waals surface area (Å²) in [6, 6.07) is 7.63. The second-order valence-electron chi connectivity index (χ2n) is 5.23. The van der Waals surface area contributed by atoms with E-state index in [-0.39, 0.29) is 18.1 Å². The summed E-state index contributed by atoms with van der Waals surface area (Å²) in [5.74, 6) is -0.0703. The summed E-state index contributed by atoms with van der Waals surface area (Å²) in [6.45, 7) is 6.32. The minimum Gasteiger partial charge on any atom is -0.366 e. The first-order valence-electron chi connectivity index (χ1n) is 6.03. The van der Waals surface area contributed by atoms with E-state index < -0.39 is 0 Å². The maximum Gasteiger partial charge on any atom is 0.252 e. The van der Waals surface area contributed by atoms with Crippen molar-refractivity contribution in [2.24, 2.45) is 5.73 Å². The summed E-state index contributed by atoms with van der Waals surface area (Å²) in [5.41, 5.74) is 7.11. The van der Waals surface area contributed by atoms with Crippen LogP contribution in [0, 0.1) is 0 Å². The highest BCUT2D eigenvalue weighted by Gasteiger charge is 2.16. The highest BCUT2D eigenvalue weighted by molar-refractivity contribution is 5.93. The predicted molar refractivity (Wildman–Crippen MR) is 73.4 cm³/mol. The largest absolute Gasteiger partial charge is 0.366 e. The van der Waals surface area contributed by atoms with Crippen LogP contribution in [0.2, 0.25) is 0 Å². The lowest BCUT2D eigenvalue weighted by molar-refractivity contribution is -0.127. The van der Waals surface area contributed by atoms with Crippen molar-refractivity contribution in [3.8, 4) is 0 Å². The Hall–Kier alpha value is -1.39. The topological polar surface area (TPSA) is 55.6 Å². The first-order chi connectivity index (χ1) is 8.33. The lowest BCUT2D eigenvalue weighted by Crippen LogP contribution is -2.33. The van der Waals surface area contributed by atoms with Gasteiger partial charge in [0.2, 0.25) is 0 Å². The van der Waals surface area contributed by atoms with Gasteiger partial charge in [-0.15, -0.1) is 0 Å². The van der Waals surface area contributed by atoms with E-state index in [0.29, 0.717) is 6.54 Å². The number of carbonyl (C=O) groups excluding carboxylic acids is 1. The third-order valence-corrected chi connectivity index (χ3v) is 2.54. The average Bonchev–Trinajstić information content (AvgIpc) is 2.34. The van der Waals surface area contributed by atoms with Crippen LogP contribution in [0.4, 0.5) is 5.69 Å². The number of nitrogens with two attached hydrogens (primary N) is 1. The van der Waals surface area contributed by atoms with Gasteiger partial charge in [-0.1, -0.05) is 12.1 Å². The molecule has 100 valence electrons. The van der Waals surface area contributed by atoms with E-state index in [4.69, 9.17) is 10.5 Å². The smallest absolute Gasteiger partial charge is 0.252 e. The van der Waals surface area contributed by atoms with Crippen LogP contribution in [0.1, 0.15) is 26.3 Å². The van der Waals surface area contributed by atoms with E-state index in [0.717, 1.165) is 11.3 Å². The Morgan fingerprint density at radius 2 is 2.06 bits per heavy atom. The van der Waals surface area contributed by atoms with Gasteiger partial charge in [-0.25, -0.2) is 0 Å². The molecule has 18 heavy (non-hydrogen) atoms. The van der Waals surface area contributed by atoms with Crippen molar-refractivity contribution in [1.82, 2.24) is 0 Å². The van der Waals surface area contributed by atoms with Crippen LogP contribution in [-0.2, 0) is 16.1 Å². The zero-order chi connectivity index (χ0) is 13.8. The lowest BCUT2D eigenvalue weighted by atomic mass is 10.2. The van der Waals surface area contributed by atoms with Crippen LogP contribution in [-0.4, -0.2) is 25.2 Å². The molecule has 4 heteroatoms. The Morgan fingerprint density at radius 1 is 1.39 bits per heavy atom. The molecule has 1 aromatic carbocycles. The second-order valence-corrected chi connectivity index (χ2v) is 5.23. The fraction of sp³-hybridized carbons (Fsp3) is 0.500. The molecule has 1 amide bonds. The van der Waals surface area contributed by atoms with Gasteiger partial charge in [0, 0.05) is 19.3 Å². The lowest BCUT2D eigenvalue weighted by Gasteiger charge is -2.23. The Bertz CT molecular complexity index is 411. The minimum absolute atomic E-state index is 0.0703. The van der Waals surface area contributed by atoms with Crippen LogP contribution < -0.4 is 10.6 Å². The minimum atomic E-state index is -0.310. The van der Waals surface area contributed by atoms with E-state index in [9.17, 15) is 4.79 Å². The fourth-order valence-electron chi connectivity index (χ4n) is 1.41. The molecule has 0 aliphatic heterocycles. The molecule has 0 aliphatic carbocycles. The average molecular weight is 250 g/mol. The number of likely N-dealkylation sites (N-methyl/N-ethyl adjacent to an activating group) is 1. The molecule has 0 bridgehead atoms. The highest BCUT2D eigenvalue weighted by Crippen LogP contribution is 2.15. The van der Waals surface area contributed by atoms with Crippen LogP contribution >= 0.6 is 0 Å². The number of anilines is 1. The molecule has 0 atom stereocenters. The zero-order valence-corrected chi connectivity index (χ0v) is 11.6. The fourth-order valence-corrected chi connectivity index (χ4v) is 1.41. The number of ether oxygens (including phenoxy) is 1. The second kappa shape index (κ2) is 5.98. The Morgan fingerprint density at radius 3 is 2.61 bits per heavy atom. The van der Waals surface area contributed by atoms with Crippen molar-refractivity contribution < 1.29 is 9.53 Å². The third-order valence-electron chi connectivity index (χ3n) is 2.54. The third kappa shape index (κ3) is 4.47. The molecule has 0 saturated carbocycles. The van der Waals surface area contributed by atoms with E-state index >= 15 is 0 Å². The van der Waals surface area contributed by atoms with Crippen molar-refractivity contribution in [1.29, 1.82) is 0 Å². The normalized spacial score (nSPS) is 11.4. The van der Waals surface area contributed by atoms with Crippen molar-refractivity contribution >= 4 is 11.6 Å². The molecule has 0 unspecified atom stereocenters. The molecule has 0 radical (unpaired) electrons. The molecule has 0 aromatic heterocycles. The van der Waals surface area contributed by atoms with Crippen molar-refractivity contribution in [3.63, 3.8) is 0 Å². The maximum atomic E-state index is 12.0. The summed E-state index contributed by atoms with van der Waals surface area (Å²) in [6.07, 6.45) is 0. The van der Waals surface area contributed by atoms with Crippen LogP contribution in [0.25, 0.3) is 0 Å². The van der Waals surface area contributed by atoms with Crippen LogP contribution in [0.5, 0.6) is 0 Å². The first kappa shape index (κ1) is 14.7. The zero-order valence-electron chi connectivity index (χ0n) is 11.6. The maximum absolute atomic E-state index is 12.0. The molecule has 0 fully saturated rings. The Labute approximate surface area is 109 Å². The Balaban J connectivity index is 2.68. The van der Waals surface area contributed by atoms with Crippen LogP contribution in [0.3, 0.4) is 0 Å². The molecule has 0 heterocycles. The van der Waals surface area contributed by atoms with Gasteiger partial charge in [0.05, 0.1) is 5.60 Å². The van der Waals surface area contributed by atoms with E-state index in [2.05, 4.69) is 0 Å². The summed E-state index contributed by atoms with van der Waals surface area (Å²) in [4.78, 5) is 13.5. The number of carbonyl (C=O) groups is 1. The number of hydrogen-bond donors (Lipinski definition) is 1. The highest BCUT2D eigenvalue weighted by atomic mass is 16.5.